The lowest BCUT2D eigenvalue weighted by atomic mass is 9.82. The molecule has 0 N–H and O–H groups in total. The number of hydrogen-bond acceptors (Lipinski definition) is 7. The number of carbonyl (C=O) groups excluding carboxylic acids is 1. The minimum atomic E-state index is -0.843. The first-order chi connectivity index (χ1) is 17.5. The van der Waals surface area contributed by atoms with Crippen molar-refractivity contribution in [3.8, 4) is 17.4 Å². The van der Waals surface area contributed by atoms with Gasteiger partial charge in [-0.2, -0.15) is 4.98 Å². The average Bonchev–Trinajstić information content (AvgIpc) is 3.23. The number of methoxy groups -OCH3 is 1. The number of hydrogen-bond donors (Lipinski definition) is 0. The normalized spacial score (nSPS) is 14.2. The molecule has 0 aliphatic carbocycles. The molecule has 5 aromatic rings. The van der Waals surface area contributed by atoms with Gasteiger partial charge in [0, 0.05) is 27.3 Å². The van der Waals surface area contributed by atoms with Gasteiger partial charge in [0.15, 0.2) is 5.65 Å². The first-order valence-electron chi connectivity index (χ1n) is 11.2. The van der Waals surface area contributed by atoms with Crippen LogP contribution in [0.3, 0.4) is 0 Å². The summed E-state index contributed by atoms with van der Waals surface area (Å²) in [4.78, 5) is 34.0. The van der Waals surface area contributed by atoms with Crippen molar-refractivity contribution in [2.24, 2.45) is 0 Å². The zero-order chi connectivity index (χ0) is 25.0. The number of nitrogens with zero attached hydrogens (tertiary/aromatic N) is 4. The summed E-state index contributed by atoms with van der Waals surface area (Å²) in [5, 5.41) is 2.33. The fourth-order valence-electron chi connectivity index (χ4n) is 4.71. The monoisotopic (exact) mass is 502 g/mol. The zero-order valence-electron chi connectivity index (χ0n) is 19.3. The van der Waals surface area contributed by atoms with Crippen molar-refractivity contribution < 1.29 is 19.0 Å². The summed E-state index contributed by atoms with van der Waals surface area (Å²) >= 11 is 6.19. The van der Waals surface area contributed by atoms with Crippen molar-refractivity contribution in [2.75, 3.05) is 13.7 Å². The zero-order valence-corrected chi connectivity index (χ0v) is 20.0. The molecule has 3 aromatic carbocycles. The number of benzene rings is 3. The fourth-order valence-corrected chi connectivity index (χ4v) is 4.84. The van der Waals surface area contributed by atoms with Crippen LogP contribution in [0.1, 0.15) is 29.5 Å². The smallest absolute Gasteiger partial charge is 0.438 e. The maximum atomic E-state index is 12.8. The molecule has 3 heterocycles. The van der Waals surface area contributed by atoms with Crippen molar-refractivity contribution in [3.63, 3.8) is 0 Å². The molecule has 0 spiro atoms. The van der Waals surface area contributed by atoms with Crippen LogP contribution in [0, 0.1) is 0 Å². The second-order valence-corrected chi connectivity index (χ2v) is 8.60. The molecule has 0 bridgehead atoms. The van der Waals surface area contributed by atoms with Crippen LogP contribution in [-0.4, -0.2) is 39.0 Å². The Morgan fingerprint density at radius 1 is 1.14 bits per heavy atom. The minimum absolute atomic E-state index is 0.105. The lowest BCUT2D eigenvalue weighted by Gasteiger charge is -2.29. The number of ether oxygens (including phenoxy) is 3. The third kappa shape index (κ3) is 3.24. The van der Waals surface area contributed by atoms with Crippen molar-refractivity contribution in [1.82, 2.24) is 19.2 Å². The first kappa shape index (κ1) is 22.1. The molecule has 0 fully saturated rings. The molecule has 10 heteroatoms. The van der Waals surface area contributed by atoms with Crippen LogP contribution < -0.4 is 15.2 Å². The Balaban J connectivity index is 1.70. The summed E-state index contributed by atoms with van der Waals surface area (Å²) in [6.45, 7) is 1.76. The average molecular weight is 503 g/mol. The van der Waals surface area contributed by atoms with E-state index in [1.54, 1.807) is 26.2 Å². The lowest BCUT2D eigenvalue weighted by Crippen LogP contribution is -2.29. The van der Waals surface area contributed by atoms with E-state index in [0.29, 0.717) is 22.1 Å². The largest absolute Gasteiger partial charge is 0.496 e. The summed E-state index contributed by atoms with van der Waals surface area (Å²) < 4.78 is 19.2. The molecule has 36 heavy (non-hydrogen) atoms. The Kier molecular flexibility index (Phi) is 5.15. The Bertz CT molecular complexity index is 1730. The van der Waals surface area contributed by atoms with E-state index in [-0.39, 0.29) is 18.1 Å². The minimum Gasteiger partial charge on any atom is -0.496 e. The van der Waals surface area contributed by atoms with Gasteiger partial charge >= 0.3 is 11.8 Å². The highest BCUT2D eigenvalue weighted by atomic mass is 35.5. The summed E-state index contributed by atoms with van der Waals surface area (Å²) in [5.41, 5.74) is 1.66. The molecule has 1 aliphatic rings. The van der Waals surface area contributed by atoms with E-state index < -0.39 is 17.7 Å². The SMILES string of the molecule is CCOC(=O)n1c(=O)nc2c3c(ncn21)Oc1c(cc(OC)c2ccccc12)C3c1ccc(Cl)cc1. The molecule has 180 valence electrons. The molecular weight excluding hydrogens is 484 g/mol. The van der Waals surface area contributed by atoms with Crippen LogP contribution in [0.25, 0.3) is 16.4 Å². The topological polar surface area (TPSA) is 97.0 Å². The molecule has 2 aromatic heterocycles. The maximum absolute atomic E-state index is 12.8. The van der Waals surface area contributed by atoms with Crippen LogP contribution in [0.15, 0.2) is 65.7 Å². The molecule has 1 unspecified atom stereocenters. The Labute approximate surface area is 209 Å². The molecular formula is C26H19ClN4O5. The second-order valence-electron chi connectivity index (χ2n) is 8.17. The Morgan fingerprint density at radius 3 is 2.61 bits per heavy atom. The summed E-state index contributed by atoms with van der Waals surface area (Å²) in [5.74, 6) is 1.13. The van der Waals surface area contributed by atoms with Crippen molar-refractivity contribution >= 4 is 34.1 Å². The standard InChI is InChI=1S/C26H19ClN4O5/c1-3-35-26(33)31-25(32)29-23-21-20(14-8-10-15(27)11-9-14)18-12-19(34-2)16-6-4-5-7-17(16)22(18)36-24(21)28-13-30(23)31/h4-13,20H,3H2,1-2H3. The van der Waals surface area contributed by atoms with E-state index >= 15 is 0 Å². The molecule has 9 nitrogen and oxygen atoms in total. The quantitative estimate of drug-likeness (QED) is 0.336. The Hall–Kier alpha value is -4.37. The number of halogens is 1. The highest BCUT2D eigenvalue weighted by Gasteiger charge is 2.36. The van der Waals surface area contributed by atoms with Crippen molar-refractivity contribution in [3.05, 3.63) is 93.1 Å². The van der Waals surface area contributed by atoms with Gasteiger partial charge in [-0.05, 0) is 30.7 Å². The van der Waals surface area contributed by atoms with E-state index in [9.17, 15) is 9.59 Å². The predicted molar refractivity (Wildman–Crippen MR) is 133 cm³/mol. The Morgan fingerprint density at radius 2 is 1.89 bits per heavy atom. The molecule has 0 saturated carbocycles. The maximum Gasteiger partial charge on any atom is 0.438 e. The van der Waals surface area contributed by atoms with Crippen LogP contribution in [0.5, 0.6) is 17.4 Å². The number of fused-ring (bicyclic) bond motifs is 6. The van der Waals surface area contributed by atoms with E-state index in [1.165, 1.54) is 10.8 Å². The van der Waals surface area contributed by atoms with E-state index in [1.807, 2.05) is 42.5 Å². The van der Waals surface area contributed by atoms with Gasteiger partial charge < -0.3 is 14.2 Å². The van der Waals surface area contributed by atoms with Gasteiger partial charge in [-0.3, -0.25) is 0 Å². The fraction of sp³-hybridized carbons (Fsp3) is 0.154. The highest BCUT2D eigenvalue weighted by molar-refractivity contribution is 6.30. The second kappa shape index (κ2) is 8.39. The highest BCUT2D eigenvalue weighted by Crippen LogP contribution is 2.52. The van der Waals surface area contributed by atoms with Crippen molar-refractivity contribution in [1.29, 1.82) is 0 Å². The van der Waals surface area contributed by atoms with Gasteiger partial charge in [0.2, 0.25) is 5.88 Å². The molecule has 1 aliphatic heterocycles. The summed E-state index contributed by atoms with van der Waals surface area (Å²) in [7, 11) is 1.61. The van der Waals surface area contributed by atoms with E-state index in [4.69, 9.17) is 25.8 Å². The number of rotatable bonds is 3. The lowest BCUT2D eigenvalue weighted by molar-refractivity contribution is 0.148. The van der Waals surface area contributed by atoms with Gasteiger partial charge in [0.05, 0.1) is 19.3 Å². The van der Waals surface area contributed by atoms with E-state index in [2.05, 4.69) is 9.97 Å². The molecule has 1 atom stereocenters. The van der Waals surface area contributed by atoms with Crippen LogP contribution in [0.4, 0.5) is 4.79 Å². The van der Waals surface area contributed by atoms with E-state index in [0.717, 1.165) is 26.6 Å². The predicted octanol–water partition coefficient (Wildman–Crippen LogP) is 5.00. The molecule has 6 rings (SSSR count). The number of aromatic nitrogens is 4. The first-order valence-corrected chi connectivity index (χ1v) is 11.6. The number of carbonyl (C=O) groups is 1. The van der Waals surface area contributed by atoms with Gasteiger partial charge in [0.25, 0.3) is 0 Å². The van der Waals surface area contributed by atoms with Gasteiger partial charge in [-0.15, -0.1) is 4.68 Å². The molecule has 0 radical (unpaired) electrons. The van der Waals surface area contributed by atoms with Gasteiger partial charge in [0.1, 0.15) is 17.8 Å². The van der Waals surface area contributed by atoms with Gasteiger partial charge in [-0.25, -0.2) is 19.1 Å². The third-order valence-electron chi connectivity index (χ3n) is 6.22. The summed E-state index contributed by atoms with van der Waals surface area (Å²) in [6, 6.07) is 17.1. The molecule has 0 amide bonds. The summed E-state index contributed by atoms with van der Waals surface area (Å²) in [6.07, 6.45) is 0.486. The van der Waals surface area contributed by atoms with Crippen LogP contribution >= 0.6 is 11.6 Å². The van der Waals surface area contributed by atoms with Crippen LogP contribution in [-0.2, 0) is 4.74 Å². The third-order valence-corrected chi connectivity index (χ3v) is 6.47. The van der Waals surface area contributed by atoms with Crippen molar-refractivity contribution in [2.45, 2.75) is 12.8 Å². The van der Waals surface area contributed by atoms with Crippen LogP contribution in [0.2, 0.25) is 5.02 Å². The van der Waals surface area contributed by atoms with Gasteiger partial charge in [-0.1, -0.05) is 48.0 Å². The molecule has 0 saturated heterocycles.